The van der Waals surface area contributed by atoms with Gasteiger partial charge in [0.2, 0.25) is 0 Å². The van der Waals surface area contributed by atoms with Gasteiger partial charge in [-0.3, -0.25) is 4.90 Å². The Balaban J connectivity index is 2.73. The fourth-order valence-electron chi connectivity index (χ4n) is 2.01. The van der Waals surface area contributed by atoms with Crippen molar-refractivity contribution in [3.05, 3.63) is 29.8 Å². The third kappa shape index (κ3) is 5.10. The summed E-state index contributed by atoms with van der Waals surface area (Å²) in [5, 5.41) is 11.7. The second kappa shape index (κ2) is 7.67. The van der Waals surface area contributed by atoms with Crippen molar-refractivity contribution >= 4 is 17.7 Å². The molecule has 0 bridgehead atoms. The molecular formula is C16H24N2O3. The highest BCUT2D eigenvalue weighted by molar-refractivity contribution is 5.93. The topological polar surface area (TPSA) is 69.6 Å². The van der Waals surface area contributed by atoms with E-state index in [1.54, 1.807) is 7.05 Å². The van der Waals surface area contributed by atoms with Crippen LogP contribution in [0.1, 0.15) is 32.8 Å². The summed E-state index contributed by atoms with van der Waals surface area (Å²) in [6, 6.07) is 6.36. The quantitative estimate of drug-likeness (QED) is 0.847. The van der Waals surface area contributed by atoms with Crippen LogP contribution in [0.2, 0.25) is 0 Å². The Hall–Kier alpha value is -2.04. The molecule has 21 heavy (non-hydrogen) atoms. The molecular weight excluding hydrogens is 268 g/mol. The highest BCUT2D eigenvalue weighted by atomic mass is 16.4. The van der Waals surface area contributed by atoms with Crippen molar-refractivity contribution in [2.45, 2.75) is 39.7 Å². The zero-order valence-electron chi connectivity index (χ0n) is 13.1. The Morgan fingerprint density at radius 2 is 1.81 bits per heavy atom. The molecule has 0 saturated carbocycles. The number of urea groups is 1. The number of carboxylic acids is 1. The predicted molar refractivity (Wildman–Crippen MR) is 83.6 cm³/mol. The molecule has 5 heteroatoms. The van der Waals surface area contributed by atoms with Gasteiger partial charge in [-0.25, -0.2) is 9.59 Å². The van der Waals surface area contributed by atoms with Crippen LogP contribution in [0.15, 0.2) is 24.3 Å². The molecule has 0 heterocycles. The maximum absolute atomic E-state index is 12.1. The van der Waals surface area contributed by atoms with Crippen LogP contribution in [0.25, 0.3) is 0 Å². The molecule has 2 N–H and O–H groups in total. The Bertz CT molecular complexity index is 483. The monoisotopic (exact) mass is 292 g/mol. The molecule has 1 aromatic carbocycles. The van der Waals surface area contributed by atoms with Crippen LogP contribution in [0.4, 0.5) is 10.5 Å². The van der Waals surface area contributed by atoms with Crippen LogP contribution in [0.3, 0.4) is 0 Å². The van der Waals surface area contributed by atoms with Crippen molar-refractivity contribution in [1.82, 2.24) is 5.32 Å². The van der Waals surface area contributed by atoms with Crippen LogP contribution < -0.4 is 10.2 Å². The average Bonchev–Trinajstić information content (AvgIpc) is 2.45. The van der Waals surface area contributed by atoms with Crippen molar-refractivity contribution in [3.8, 4) is 0 Å². The molecule has 0 unspecified atom stereocenters. The summed E-state index contributed by atoms with van der Waals surface area (Å²) in [5.41, 5.74) is 1.93. The van der Waals surface area contributed by atoms with Gasteiger partial charge in [-0.15, -0.1) is 0 Å². The van der Waals surface area contributed by atoms with Crippen molar-refractivity contribution in [2.24, 2.45) is 5.92 Å². The number of amides is 2. The first-order chi connectivity index (χ1) is 9.85. The summed E-state index contributed by atoms with van der Waals surface area (Å²) in [4.78, 5) is 24.8. The lowest BCUT2D eigenvalue weighted by atomic mass is 10.0. The Morgan fingerprint density at radius 1 is 1.24 bits per heavy atom. The number of rotatable bonds is 6. The van der Waals surface area contributed by atoms with E-state index in [1.165, 1.54) is 10.5 Å². The lowest BCUT2D eigenvalue weighted by Gasteiger charge is -2.22. The summed E-state index contributed by atoms with van der Waals surface area (Å²) in [7, 11) is 1.63. The first kappa shape index (κ1) is 17.0. The van der Waals surface area contributed by atoms with E-state index in [0.29, 0.717) is 6.42 Å². The number of anilines is 1. The van der Waals surface area contributed by atoms with Gasteiger partial charge in [-0.2, -0.15) is 0 Å². The predicted octanol–water partition coefficient (Wildman–Crippen LogP) is 2.89. The normalized spacial score (nSPS) is 12.0. The van der Waals surface area contributed by atoms with Gasteiger partial charge in [-0.1, -0.05) is 32.9 Å². The minimum atomic E-state index is -1.01. The van der Waals surface area contributed by atoms with Crippen molar-refractivity contribution < 1.29 is 14.7 Å². The van der Waals surface area contributed by atoms with E-state index in [2.05, 4.69) is 12.2 Å². The van der Waals surface area contributed by atoms with Crippen LogP contribution in [0, 0.1) is 5.92 Å². The number of hydrogen-bond acceptors (Lipinski definition) is 2. The highest BCUT2D eigenvalue weighted by Crippen LogP contribution is 2.15. The number of carbonyl (C=O) groups excluding carboxylic acids is 1. The number of carbonyl (C=O) groups is 2. The summed E-state index contributed by atoms with van der Waals surface area (Å²) in [6.45, 7) is 5.92. The van der Waals surface area contributed by atoms with E-state index in [-0.39, 0.29) is 5.92 Å². The van der Waals surface area contributed by atoms with Gasteiger partial charge in [0.05, 0.1) is 0 Å². The molecule has 116 valence electrons. The van der Waals surface area contributed by atoms with E-state index < -0.39 is 18.0 Å². The van der Waals surface area contributed by atoms with Gasteiger partial charge in [0.25, 0.3) is 0 Å². The van der Waals surface area contributed by atoms with E-state index >= 15 is 0 Å². The van der Waals surface area contributed by atoms with Gasteiger partial charge >= 0.3 is 12.0 Å². The fourth-order valence-corrected chi connectivity index (χ4v) is 2.01. The molecule has 0 aliphatic rings. The largest absolute Gasteiger partial charge is 0.480 e. The van der Waals surface area contributed by atoms with E-state index in [4.69, 9.17) is 5.11 Å². The number of nitrogens with one attached hydrogen (secondary N) is 1. The highest BCUT2D eigenvalue weighted by Gasteiger charge is 2.23. The van der Waals surface area contributed by atoms with Crippen molar-refractivity contribution in [3.63, 3.8) is 0 Å². The number of hydrogen-bond donors (Lipinski definition) is 2. The van der Waals surface area contributed by atoms with Gasteiger partial charge in [0, 0.05) is 12.7 Å². The summed E-state index contributed by atoms with van der Waals surface area (Å²) in [6.07, 6.45) is 1.34. The van der Waals surface area contributed by atoms with Gasteiger partial charge in [-0.05, 0) is 36.5 Å². The molecule has 0 aliphatic heterocycles. The van der Waals surface area contributed by atoms with Crippen molar-refractivity contribution in [1.29, 1.82) is 0 Å². The number of nitrogens with zero attached hydrogens (tertiary/aromatic N) is 1. The molecule has 0 fully saturated rings. The summed E-state index contributed by atoms with van der Waals surface area (Å²) >= 11 is 0. The standard InChI is InChI=1S/C16H24N2O3/c1-5-12-6-8-13(9-7-12)18(4)16(21)17-14(15(19)20)10-11(2)3/h6-9,11,14H,5,10H2,1-4H3,(H,17,21)(H,19,20)/t14-/m1/s1. The molecule has 0 radical (unpaired) electrons. The zero-order valence-corrected chi connectivity index (χ0v) is 13.1. The number of benzene rings is 1. The second-order valence-electron chi connectivity index (χ2n) is 5.55. The molecule has 0 saturated heterocycles. The Morgan fingerprint density at radius 3 is 2.24 bits per heavy atom. The second-order valence-corrected chi connectivity index (χ2v) is 5.55. The SMILES string of the molecule is CCc1ccc(N(C)C(=O)N[C@H](CC(C)C)C(=O)O)cc1. The van der Waals surface area contributed by atoms with Crippen LogP contribution >= 0.6 is 0 Å². The fraction of sp³-hybridized carbons (Fsp3) is 0.500. The average molecular weight is 292 g/mol. The minimum absolute atomic E-state index is 0.195. The zero-order chi connectivity index (χ0) is 16.0. The maximum Gasteiger partial charge on any atom is 0.326 e. The number of carboxylic acid groups (broad SMARTS) is 1. The molecule has 2 amide bonds. The maximum atomic E-state index is 12.1. The molecule has 5 nitrogen and oxygen atoms in total. The first-order valence-electron chi connectivity index (χ1n) is 7.21. The van der Waals surface area contributed by atoms with Crippen LogP contribution in [-0.4, -0.2) is 30.2 Å². The number of aryl methyl sites for hydroxylation is 1. The molecule has 0 aromatic heterocycles. The lowest BCUT2D eigenvalue weighted by Crippen LogP contribution is -2.47. The molecule has 1 atom stereocenters. The third-order valence-electron chi connectivity index (χ3n) is 3.34. The molecule has 0 aliphatic carbocycles. The smallest absolute Gasteiger partial charge is 0.326 e. The summed E-state index contributed by atoms with van der Waals surface area (Å²) in [5.74, 6) is -0.813. The minimum Gasteiger partial charge on any atom is -0.480 e. The van der Waals surface area contributed by atoms with E-state index in [1.807, 2.05) is 38.1 Å². The Labute approximate surface area is 126 Å². The third-order valence-corrected chi connectivity index (χ3v) is 3.34. The molecule has 0 spiro atoms. The van der Waals surface area contributed by atoms with Crippen LogP contribution in [-0.2, 0) is 11.2 Å². The van der Waals surface area contributed by atoms with Gasteiger partial charge < -0.3 is 10.4 Å². The first-order valence-corrected chi connectivity index (χ1v) is 7.21. The molecule has 1 rings (SSSR count). The Kier molecular flexibility index (Phi) is 6.21. The van der Waals surface area contributed by atoms with Gasteiger partial charge in [0.15, 0.2) is 0 Å². The lowest BCUT2D eigenvalue weighted by molar-refractivity contribution is -0.139. The van der Waals surface area contributed by atoms with E-state index in [9.17, 15) is 9.59 Å². The van der Waals surface area contributed by atoms with Crippen LogP contribution in [0.5, 0.6) is 0 Å². The van der Waals surface area contributed by atoms with E-state index in [0.717, 1.165) is 12.1 Å². The molecule has 1 aromatic rings. The van der Waals surface area contributed by atoms with Gasteiger partial charge in [0.1, 0.15) is 6.04 Å². The summed E-state index contributed by atoms with van der Waals surface area (Å²) < 4.78 is 0. The van der Waals surface area contributed by atoms with Crippen molar-refractivity contribution in [2.75, 3.05) is 11.9 Å². The number of aliphatic carboxylic acids is 1.